The summed E-state index contributed by atoms with van der Waals surface area (Å²) in [6, 6.07) is 5.78. The highest BCUT2D eigenvalue weighted by Crippen LogP contribution is 2.39. The van der Waals surface area contributed by atoms with Gasteiger partial charge in [0.25, 0.3) is 0 Å². The number of carboxylic acids is 1. The number of amides is 1. The van der Waals surface area contributed by atoms with Crippen molar-refractivity contribution in [3.05, 3.63) is 30.1 Å². The fourth-order valence-corrected chi connectivity index (χ4v) is 1.55. The molecular formula is C11H10FNO3. The lowest BCUT2D eigenvalue weighted by atomic mass is 10.2. The van der Waals surface area contributed by atoms with Crippen molar-refractivity contribution in [2.24, 2.45) is 11.8 Å². The molecule has 1 fully saturated rings. The second kappa shape index (κ2) is 3.92. The van der Waals surface area contributed by atoms with E-state index < -0.39 is 29.5 Å². The highest BCUT2D eigenvalue weighted by atomic mass is 19.1. The van der Waals surface area contributed by atoms with E-state index in [1.54, 1.807) is 6.07 Å². The summed E-state index contributed by atoms with van der Waals surface area (Å²) in [5, 5.41) is 11.0. The molecule has 16 heavy (non-hydrogen) atoms. The number of para-hydroxylation sites is 1. The molecular weight excluding hydrogens is 213 g/mol. The number of aliphatic carboxylic acids is 1. The Hall–Kier alpha value is -1.91. The van der Waals surface area contributed by atoms with Crippen LogP contribution in [0.4, 0.5) is 10.1 Å². The summed E-state index contributed by atoms with van der Waals surface area (Å²) >= 11 is 0. The predicted molar refractivity (Wildman–Crippen MR) is 54.3 cm³/mol. The molecule has 5 heteroatoms. The highest BCUT2D eigenvalue weighted by Gasteiger charge is 2.48. The standard InChI is InChI=1S/C11H10FNO3/c12-8-3-1-2-4-9(8)13-10(14)6-5-7(6)11(15)16/h1-4,6-7H,5H2,(H,13,14)(H,15,16)/t6-,7+/m0/s1. The Labute approximate surface area is 91.1 Å². The van der Waals surface area contributed by atoms with Gasteiger partial charge in [-0.3, -0.25) is 9.59 Å². The molecule has 1 aromatic carbocycles. The zero-order valence-corrected chi connectivity index (χ0v) is 8.31. The van der Waals surface area contributed by atoms with E-state index in [-0.39, 0.29) is 5.69 Å². The molecule has 1 aliphatic carbocycles. The van der Waals surface area contributed by atoms with E-state index in [2.05, 4.69) is 5.32 Å². The van der Waals surface area contributed by atoms with Crippen molar-refractivity contribution in [1.29, 1.82) is 0 Å². The molecule has 0 bridgehead atoms. The SMILES string of the molecule is O=C(Nc1ccccc1F)[C@H]1C[C@H]1C(=O)O. The number of hydrogen-bond donors (Lipinski definition) is 2. The largest absolute Gasteiger partial charge is 0.481 e. The van der Waals surface area contributed by atoms with Crippen molar-refractivity contribution in [2.45, 2.75) is 6.42 Å². The molecule has 2 rings (SSSR count). The van der Waals surface area contributed by atoms with Crippen LogP contribution < -0.4 is 5.32 Å². The van der Waals surface area contributed by atoms with Crippen LogP contribution in [0.2, 0.25) is 0 Å². The average Bonchev–Trinajstić information content (AvgIpc) is 3.01. The van der Waals surface area contributed by atoms with E-state index in [1.165, 1.54) is 18.2 Å². The first-order valence-corrected chi connectivity index (χ1v) is 4.88. The van der Waals surface area contributed by atoms with Crippen LogP contribution in [0.1, 0.15) is 6.42 Å². The number of halogens is 1. The zero-order valence-electron chi connectivity index (χ0n) is 8.31. The number of benzene rings is 1. The number of carboxylic acid groups (broad SMARTS) is 1. The quantitative estimate of drug-likeness (QED) is 0.815. The highest BCUT2D eigenvalue weighted by molar-refractivity contribution is 5.98. The van der Waals surface area contributed by atoms with Gasteiger partial charge in [-0.1, -0.05) is 12.1 Å². The summed E-state index contributed by atoms with van der Waals surface area (Å²) in [7, 11) is 0. The Kier molecular flexibility index (Phi) is 2.60. The van der Waals surface area contributed by atoms with E-state index in [9.17, 15) is 14.0 Å². The van der Waals surface area contributed by atoms with Gasteiger partial charge in [-0.2, -0.15) is 0 Å². The van der Waals surface area contributed by atoms with Gasteiger partial charge in [0.15, 0.2) is 0 Å². The van der Waals surface area contributed by atoms with Gasteiger partial charge in [-0.25, -0.2) is 4.39 Å². The van der Waals surface area contributed by atoms with Crippen LogP contribution in [0.3, 0.4) is 0 Å². The number of nitrogens with one attached hydrogen (secondary N) is 1. The first-order chi connectivity index (χ1) is 7.59. The van der Waals surface area contributed by atoms with Crippen LogP contribution >= 0.6 is 0 Å². The van der Waals surface area contributed by atoms with Crippen LogP contribution in [0, 0.1) is 17.7 Å². The lowest BCUT2D eigenvalue weighted by Crippen LogP contribution is -2.17. The minimum absolute atomic E-state index is 0.0866. The van der Waals surface area contributed by atoms with Gasteiger partial charge in [-0.05, 0) is 18.6 Å². The molecule has 0 radical (unpaired) electrons. The third-order valence-corrected chi connectivity index (χ3v) is 2.58. The molecule has 2 atom stereocenters. The number of carbonyl (C=O) groups is 2. The smallest absolute Gasteiger partial charge is 0.307 e. The lowest BCUT2D eigenvalue weighted by Gasteiger charge is -2.04. The van der Waals surface area contributed by atoms with Crippen molar-refractivity contribution in [1.82, 2.24) is 0 Å². The molecule has 0 saturated heterocycles. The molecule has 2 N–H and O–H groups in total. The topological polar surface area (TPSA) is 66.4 Å². The van der Waals surface area contributed by atoms with Crippen LogP contribution in [-0.4, -0.2) is 17.0 Å². The summed E-state index contributed by atoms with van der Waals surface area (Å²) in [4.78, 5) is 22.0. The third-order valence-electron chi connectivity index (χ3n) is 2.58. The molecule has 0 heterocycles. The summed E-state index contributed by atoms with van der Waals surface area (Å²) < 4.78 is 13.2. The first-order valence-electron chi connectivity index (χ1n) is 4.88. The summed E-state index contributed by atoms with van der Waals surface area (Å²) in [6.45, 7) is 0. The number of carbonyl (C=O) groups excluding carboxylic acids is 1. The van der Waals surface area contributed by atoms with Gasteiger partial charge in [0, 0.05) is 0 Å². The third kappa shape index (κ3) is 2.03. The normalized spacial score (nSPS) is 22.6. The molecule has 1 saturated carbocycles. The number of hydrogen-bond acceptors (Lipinski definition) is 2. The predicted octanol–water partition coefficient (Wildman–Crippen LogP) is 1.48. The summed E-state index contributed by atoms with van der Waals surface area (Å²) in [5.41, 5.74) is 0.0866. The van der Waals surface area contributed by atoms with Gasteiger partial charge in [0.1, 0.15) is 5.82 Å². The Bertz CT molecular complexity index is 447. The fraction of sp³-hybridized carbons (Fsp3) is 0.273. The monoisotopic (exact) mass is 223 g/mol. The number of rotatable bonds is 3. The van der Waals surface area contributed by atoms with Gasteiger partial charge >= 0.3 is 5.97 Å². The van der Waals surface area contributed by atoms with Gasteiger partial charge in [-0.15, -0.1) is 0 Å². The summed E-state index contributed by atoms with van der Waals surface area (Å²) in [6.07, 6.45) is 0.329. The van der Waals surface area contributed by atoms with E-state index in [4.69, 9.17) is 5.11 Å². The van der Waals surface area contributed by atoms with E-state index in [1.807, 2.05) is 0 Å². The van der Waals surface area contributed by atoms with Crippen molar-refractivity contribution >= 4 is 17.6 Å². The van der Waals surface area contributed by atoms with Gasteiger partial charge in [0.2, 0.25) is 5.91 Å². The fourth-order valence-electron chi connectivity index (χ4n) is 1.55. The van der Waals surface area contributed by atoms with Crippen molar-refractivity contribution in [2.75, 3.05) is 5.32 Å². The maximum absolute atomic E-state index is 13.2. The Morgan fingerprint density at radius 3 is 2.56 bits per heavy atom. The van der Waals surface area contributed by atoms with Crippen molar-refractivity contribution < 1.29 is 19.1 Å². The Balaban J connectivity index is 1.99. The lowest BCUT2D eigenvalue weighted by molar-refractivity contribution is -0.139. The van der Waals surface area contributed by atoms with E-state index in [0.717, 1.165) is 0 Å². The van der Waals surface area contributed by atoms with Crippen LogP contribution in [0.25, 0.3) is 0 Å². The minimum Gasteiger partial charge on any atom is -0.481 e. The maximum atomic E-state index is 13.2. The molecule has 1 aliphatic rings. The van der Waals surface area contributed by atoms with Crippen molar-refractivity contribution in [3.8, 4) is 0 Å². The van der Waals surface area contributed by atoms with E-state index in [0.29, 0.717) is 6.42 Å². The second-order valence-electron chi connectivity index (χ2n) is 3.76. The molecule has 0 spiro atoms. The number of anilines is 1. The molecule has 0 aliphatic heterocycles. The Morgan fingerprint density at radius 2 is 2.00 bits per heavy atom. The first kappa shape index (κ1) is 10.6. The molecule has 1 amide bonds. The Morgan fingerprint density at radius 1 is 1.31 bits per heavy atom. The molecule has 0 aromatic heterocycles. The van der Waals surface area contributed by atoms with Crippen LogP contribution in [0.15, 0.2) is 24.3 Å². The zero-order chi connectivity index (χ0) is 11.7. The van der Waals surface area contributed by atoms with Crippen LogP contribution in [0.5, 0.6) is 0 Å². The van der Waals surface area contributed by atoms with Crippen LogP contribution in [-0.2, 0) is 9.59 Å². The van der Waals surface area contributed by atoms with Gasteiger partial charge < -0.3 is 10.4 Å². The average molecular weight is 223 g/mol. The second-order valence-corrected chi connectivity index (χ2v) is 3.76. The molecule has 4 nitrogen and oxygen atoms in total. The molecule has 1 aromatic rings. The molecule has 84 valence electrons. The minimum atomic E-state index is -0.978. The molecule has 0 unspecified atom stereocenters. The maximum Gasteiger partial charge on any atom is 0.307 e. The van der Waals surface area contributed by atoms with Crippen molar-refractivity contribution in [3.63, 3.8) is 0 Å². The van der Waals surface area contributed by atoms with E-state index >= 15 is 0 Å². The van der Waals surface area contributed by atoms with Gasteiger partial charge in [0.05, 0.1) is 17.5 Å². The summed E-state index contributed by atoms with van der Waals surface area (Å²) in [5.74, 6) is -3.08.